The van der Waals surface area contributed by atoms with Gasteiger partial charge >= 0.3 is 0 Å². The quantitative estimate of drug-likeness (QED) is 0.739. The van der Waals surface area contributed by atoms with E-state index in [1.807, 2.05) is 30.5 Å². The number of aromatic amines is 1. The number of hydrogen-bond acceptors (Lipinski definition) is 1. The van der Waals surface area contributed by atoms with Crippen LogP contribution in [0.3, 0.4) is 0 Å². The van der Waals surface area contributed by atoms with E-state index >= 15 is 0 Å². The van der Waals surface area contributed by atoms with Crippen molar-refractivity contribution in [3.63, 3.8) is 0 Å². The van der Waals surface area contributed by atoms with E-state index in [1.165, 1.54) is 6.07 Å². The summed E-state index contributed by atoms with van der Waals surface area (Å²) < 4.78 is 19.0. The van der Waals surface area contributed by atoms with Crippen molar-refractivity contribution in [2.75, 3.05) is 0 Å². The van der Waals surface area contributed by atoms with Gasteiger partial charge in [-0.05, 0) is 30.3 Å². The Labute approximate surface area is 104 Å². The molecule has 2 aromatic carbocycles. The van der Waals surface area contributed by atoms with Crippen molar-refractivity contribution >= 4 is 10.9 Å². The molecule has 0 saturated heterocycles. The molecule has 0 aliphatic heterocycles. The maximum Gasteiger partial charge on any atom is 0.129 e. The molecular weight excluding hydrogens is 229 g/mol. The SMILES string of the molecule is Fc1ccccc1COc1ccc2[nH]ccc2c1. The molecule has 0 spiro atoms. The lowest BCUT2D eigenvalue weighted by atomic mass is 10.2. The summed E-state index contributed by atoms with van der Waals surface area (Å²) in [5.41, 5.74) is 1.62. The molecular formula is C15H12FNO. The Balaban J connectivity index is 1.78. The number of fused-ring (bicyclic) bond motifs is 1. The Kier molecular flexibility index (Phi) is 2.73. The molecule has 2 nitrogen and oxygen atoms in total. The van der Waals surface area contributed by atoms with E-state index in [0.717, 1.165) is 16.7 Å². The normalized spacial score (nSPS) is 10.7. The molecule has 1 N–H and O–H groups in total. The molecule has 0 aliphatic rings. The molecule has 3 heteroatoms. The van der Waals surface area contributed by atoms with Gasteiger partial charge in [0.15, 0.2) is 0 Å². The Bertz CT molecular complexity index is 675. The molecule has 0 unspecified atom stereocenters. The second kappa shape index (κ2) is 4.53. The first-order valence-corrected chi connectivity index (χ1v) is 5.76. The van der Waals surface area contributed by atoms with Gasteiger partial charge < -0.3 is 9.72 Å². The molecule has 0 saturated carbocycles. The number of rotatable bonds is 3. The van der Waals surface area contributed by atoms with Gasteiger partial charge in [0, 0.05) is 22.7 Å². The molecule has 0 bridgehead atoms. The van der Waals surface area contributed by atoms with Gasteiger partial charge in [0.25, 0.3) is 0 Å². The summed E-state index contributed by atoms with van der Waals surface area (Å²) >= 11 is 0. The van der Waals surface area contributed by atoms with Crippen LogP contribution in [0.2, 0.25) is 0 Å². The van der Waals surface area contributed by atoms with Crippen LogP contribution in [0.5, 0.6) is 5.75 Å². The lowest BCUT2D eigenvalue weighted by Crippen LogP contribution is -1.97. The highest BCUT2D eigenvalue weighted by atomic mass is 19.1. The smallest absolute Gasteiger partial charge is 0.129 e. The highest BCUT2D eigenvalue weighted by Crippen LogP contribution is 2.21. The van der Waals surface area contributed by atoms with Crippen molar-refractivity contribution in [1.82, 2.24) is 4.98 Å². The van der Waals surface area contributed by atoms with Gasteiger partial charge in [0.1, 0.15) is 18.2 Å². The van der Waals surface area contributed by atoms with Gasteiger partial charge in [-0.1, -0.05) is 18.2 Å². The molecule has 0 aliphatic carbocycles. The summed E-state index contributed by atoms with van der Waals surface area (Å²) in [7, 11) is 0. The van der Waals surface area contributed by atoms with E-state index in [1.54, 1.807) is 18.2 Å². The van der Waals surface area contributed by atoms with E-state index in [0.29, 0.717) is 5.56 Å². The van der Waals surface area contributed by atoms with Crippen LogP contribution in [0.4, 0.5) is 4.39 Å². The Morgan fingerprint density at radius 3 is 2.83 bits per heavy atom. The number of benzene rings is 2. The molecule has 0 atom stereocenters. The molecule has 0 radical (unpaired) electrons. The van der Waals surface area contributed by atoms with Gasteiger partial charge in [0.05, 0.1) is 0 Å². The van der Waals surface area contributed by atoms with Crippen molar-refractivity contribution in [1.29, 1.82) is 0 Å². The zero-order chi connectivity index (χ0) is 12.4. The number of aromatic nitrogens is 1. The van der Waals surface area contributed by atoms with Gasteiger partial charge in [0.2, 0.25) is 0 Å². The van der Waals surface area contributed by atoms with Crippen LogP contribution in [0.25, 0.3) is 10.9 Å². The fourth-order valence-electron chi connectivity index (χ4n) is 1.90. The topological polar surface area (TPSA) is 25.0 Å². The summed E-state index contributed by atoms with van der Waals surface area (Å²) in [4.78, 5) is 3.11. The Hall–Kier alpha value is -2.29. The van der Waals surface area contributed by atoms with Gasteiger partial charge in [-0.25, -0.2) is 4.39 Å². The lowest BCUT2D eigenvalue weighted by Gasteiger charge is -2.07. The third-order valence-corrected chi connectivity index (χ3v) is 2.88. The first-order valence-electron chi connectivity index (χ1n) is 5.76. The zero-order valence-electron chi connectivity index (χ0n) is 9.69. The minimum absolute atomic E-state index is 0.236. The Morgan fingerprint density at radius 1 is 1.06 bits per heavy atom. The fraction of sp³-hybridized carbons (Fsp3) is 0.0667. The van der Waals surface area contributed by atoms with Crippen LogP contribution in [0, 0.1) is 5.82 Å². The van der Waals surface area contributed by atoms with E-state index in [-0.39, 0.29) is 12.4 Å². The number of ether oxygens (including phenoxy) is 1. The summed E-state index contributed by atoms with van der Waals surface area (Å²) in [6.45, 7) is 0.239. The molecule has 1 aromatic heterocycles. The third-order valence-electron chi connectivity index (χ3n) is 2.88. The number of nitrogens with one attached hydrogen (secondary N) is 1. The van der Waals surface area contributed by atoms with Crippen LogP contribution in [0.1, 0.15) is 5.56 Å². The van der Waals surface area contributed by atoms with Crippen LogP contribution in [-0.4, -0.2) is 4.98 Å². The minimum Gasteiger partial charge on any atom is -0.489 e. The molecule has 3 aromatic rings. The molecule has 90 valence electrons. The summed E-state index contributed by atoms with van der Waals surface area (Å²) in [6.07, 6.45) is 1.88. The average molecular weight is 241 g/mol. The van der Waals surface area contributed by atoms with Crippen LogP contribution < -0.4 is 4.74 Å². The minimum atomic E-state index is -0.236. The molecule has 1 heterocycles. The first kappa shape index (κ1) is 10.8. The van der Waals surface area contributed by atoms with Crippen LogP contribution >= 0.6 is 0 Å². The zero-order valence-corrected chi connectivity index (χ0v) is 9.69. The van der Waals surface area contributed by atoms with Gasteiger partial charge in [-0.15, -0.1) is 0 Å². The molecule has 0 fully saturated rings. The van der Waals surface area contributed by atoms with Crippen LogP contribution in [-0.2, 0) is 6.61 Å². The maximum absolute atomic E-state index is 13.4. The van der Waals surface area contributed by atoms with Crippen LogP contribution in [0.15, 0.2) is 54.7 Å². The summed E-state index contributed by atoms with van der Waals surface area (Å²) in [5, 5.41) is 1.08. The summed E-state index contributed by atoms with van der Waals surface area (Å²) in [6, 6.07) is 14.4. The summed E-state index contributed by atoms with van der Waals surface area (Å²) in [5.74, 6) is 0.505. The number of H-pyrrole nitrogens is 1. The van der Waals surface area contributed by atoms with Crippen molar-refractivity contribution < 1.29 is 9.13 Å². The lowest BCUT2D eigenvalue weighted by molar-refractivity contribution is 0.300. The van der Waals surface area contributed by atoms with E-state index < -0.39 is 0 Å². The molecule has 3 rings (SSSR count). The van der Waals surface area contributed by atoms with Gasteiger partial charge in [-0.3, -0.25) is 0 Å². The average Bonchev–Trinajstić information content (AvgIpc) is 2.85. The fourth-order valence-corrected chi connectivity index (χ4v) is 1.90. The second-order valence-electron chi connectivity index (χ2n) is 4.11. The van der Waals surface area contributed by atoms with Crippen molar-refractivity contribution in [3.05, 3.63) is 66.1 Å². The Morgan fingerprint density at radius 2 is 1.94 bits per heavy atom. The van der Waals surface area contributed by atoms with Crippen molar-refractivity contribution in [3.8, 4) is 5.75 Å². The van der Waals surface area contributed by atoms with E-state index in [9.17, 15) is 4.39 Å². The monoisotopic (exact) mass is 241 g/mol. The number of hydrogen-bond donors (Lipinski definition) is 1. The second-order valence-corrected chi connectivity index (χ2v) is 4.11. The van der Waals surface area contributed by atoms with Crippen molar-refractivity contribution in [2.24, 2.45) is 0 Å². The largest absolute Gasteiger partial charge is 0.489 e. The molecule has 18 heavy (non-hydrogen) atoms. The highest BCUT2D eigenvalue weighted by molar-refractivity contribution is 5.80. The van der Waals surface area contributed by atoms with E-state index in [2.05, 4.69) is 4.98 Å². The van der Waals surface area contributed by atoms with E-state index in [4.69, 9.17) is 4.74 Å². The predicted octanol–water partition coefficient (Wildman–Crippen LogP) is 3.89. The van der Waals surface area contributed by atoms with Gasteiger partial charge in [-0.2, -0.15) is 0 Å². The standard InChI is InChI=1S/C15H12FNO/c16-14-4-2-1-3-12(14)10-18-13-5-6-15-11(9-13)7-8-17-15/h1-9,17H,10H2. The highest BCUT2D eigenvalue weighted by Gasteiger charge is 2.02. The predicted molar refractivity (Wildman–Crippen MR) is 69.0 cm³/mol. The first-order chi connectivity index (χ1) is 8.83. The van der Waals surface area contributed by atoms with Crippen molar-refractivity contribution in [2.45, 2.75) is 6.61 Å². The molecule has 0 amide bonds. The third kappa shape index (κ3) is 2.07. The number of halogens is 1. The maximum atomic E-state index is 13.4.